The van der Waals surface area contributed by atoms with Crippen LogP contribution in [-0.2, 0) is 11.3 Å². The smallest absolute Gasteiger partial charge is 0.193 e. The summed E-state index contributed by atoms with van der Waals surface area (Å²) in [6.07, 6.45) is 1.07. The molecule has 1 saturated heterocycles. The highest BCUT2D eigenvalue weighted by molar-refractivity contribution is 14.0. The number of para-hydroxylation sites is 1. The fourth-order valence-corrected chi connectivity index (χ4v) is 3.52. The summed E-state index contributed by atoms with van der Waals surface area (Å²) >= 11 is 0. The van der Waals surface area contributed by atoms with Gasteiger partial charge in [-0.2, -0.15) is 0 Å². The van der Waals surface area contributed by atoms with Crippen LogP contribution in [0.1, 0.15) is 12.0 Å². The highest BCUT2D eigenvalue weighted by atomic mass is 127. The second-order valence-electron chi connectivity index (χ2n) is 7.11. The highest BCUT2D eigenvalue weighted by Crippen LogP contribution is 2.31. The van der Waals surface area contributed by atoms with E-state index in [2.05, 4.69) is 15.2 Å². The highest BCUT2D eigenvalue weighted by Gasteiger charge is 2.23. The Labute approximate surface area is 195 Å². The molecule has 3 N–H and O–H groups in total. The predicted octanol–water partition coefficient (Wildman–Crippen LogP) is 3.72. The Morgan fingerprint density at radius 2 is 1.83 bits per heavy atom. The molecule has 1 atom stereocenters. The van der Waals surface area contributed by atoms with E-state index < -0.39 is 0 Å². The van der Waals surface area contributed by atoms with Crippen molar-refractivity contribution >= 4 is 41.3 Å². The molecule has 3 rings (SSSR count). The predicted molar refractivity (Wildman–Crippen MR) is 133 cm³/mol. The summed E-state index contributed by atoms with van der Waals surface area (Å²) in [6.45, 7) is 3.11. The number of nitrogens with zero attached hydrogens (tertiary/aromatic N) is 2. The maximum absolute atomic E-state index is 6.12. The summed E-state index contributed by atoms with van der Waals surface area (Å²) in [5.74, 6) is 2.46. The van der Waals surface area contributed by atoms with Gasteiger partial charge in [-0.25, -0.2) is 0 Å². The van der Waals surface area contributed by atoms with Crippen LogP contribution in [0.3, 0.4) is 0 Å². The molecule has 2 aromatic carbocycles. The molecule has 0 saturated carbocycles. The number of ether oxygens (including phenoxy) is 3. The van der Waals surface area contributed by atoms with Gasteiger partial charge in [-0.05, 0) is 18.4 Å². The molecular weight excluding hydrogens is 495 g/mol. The average molecular weight is 526 g/mol. The number of rotatable bonds is 8. The molecule has 164 valence electrons. The molecule has 0 aromatic heterocycles. The van der Waals surface area contributed by atoms with Crippen molar-refractivity contribution in [3.8, 4) is 11.5 Å². The van der Waals surface area contributed by atoms with Crippen LogP contribution in [-0.4, -0.2) is 46.9 Å². The average Bonchev–Trinajstić information content (AvgIpc) is 3.22. The van der Waals surface area contributed by atoms with Crippen LogP contribution >= 0.6 is 24.0 Å². The van der Waals surface area contributed by atoms with Gasteiger partial charge in [0.2, 0.25) is 0 Å². The van der Waals surface area contributed by atoms with E-state index in [-0.39, 0.29) is 24.0 Å². The van der Waals surface area contributed by atoms with Crippen LogP contribution < -0.4 is 25.4 Å². The van der Waals surface area contributed by atoms with E-state index in [1.807, 2.05) is 42.5 Å². The number of aliphatic imine (C=N–C) groups is 1. The van der Waals surface area contributed by atoms with Gasteiger partial charge in [0.05, 0.1) is 20.8 Å². The number of halogens is 1. The number of methoxy groups -OCH3 is 3. The maximum atomic E-state index is 6.12. The van der Waals surface area contributed by atoms with E-state index in [0.29, 0.717) is 25.0 Å². The zero-order valence-corrected chi connectivity index (χ0v) is 20.1. The van der Waals surface area contributed by atoms with Crippen LogP contribution in [0.2, 0.25) is 0 Å². The van der Waals surface area contributed by atoms with Crippen molar-refractivity contribution in [3.05, 3.63) is 48.0 Å². The van der Waals surface area contributed by atoms with Crippen LogP contribution in [0.5, 0.6) is 11.5 Å². The molecule has 8 heteroatoms. The molecule has 0 spiro atoms. The van der Waals surface area contributed by atoms with Crippen molar-refractivity contribution in [2.75, 3.05) is 51.2 Å². The second-order valence-corrected chi connectivity index (χ2v) is 7.11. The molecule has 7 nitrogen and oxygen atoms in total. The van der Waals surface area contributed by atoms with E-state index >= 15 is 0 Å². The standard InChI is InChI=1S/C22H30N4O3.HI/c1-27-15-17-6-4-5-7-21(17)25-22(23)24-13-16-8-9-26(14-16)18-10-19(28-2)12-20(11-18)29-3;/h4-7,10-12,16H,8-9,13-15H2,1-3H3,(H3,23,24,25);1H. The lowest BCUT2D eigenvalue weighted by Crippen LogP contribution is -2.25. The minimum Gasteiger partial charge on any atom is -0.497 e. The van der Waals surface area contributed by atoms with Gasteiger partial charge < -0.3 is 30.2 Å². The Morgan fingerprint density at radius 1 is 1.13 bits per heavy atom. The number of nitrogens with one attached hydrogen (secondary N) is 1. The summed E-state index contributed by atoms with van der Waals surface area (Å²) in [7, 11) is 5.01. The lowest BCUT2D eigenvalue weighted by Gasteiger charge is -2.20. The van der Waals surface area contributed by atoms with Crippen LogP contribution in [0.4, 0.5) is 11.4 Å². The van der Waals surface area contributed by atoms with Gasteiger partial charge in [-0.15, -0.1) is 24.0 Å². The van der Waals surface area contributed by atoms with Crippen LogP contribution in [0, 0.1) is 5.92 Å². The molecule has 0 amide bonds. The van der Waals surface area contributed by atoms with Gasteiger partial charge in [-0.3, -0.25) is 4.99 Å². The van der Waals surface area contributed by atoms with Crippen LogP contribution in [0.15, 0.2) is 47.5 Å². The third-order valence-corrected chi connectivity index (χ3v) is 5.09. The van der Waals surface area contributed by atoms with Gasteiger partial charge in [-0.1, -0.05) is 18.2 Å². The molecule has 0 bridgehead atoms. The Morgan fingerprint density at radius 3 is 2.50 bits per heavy atom. The number of hydrogen-bond donors (Lipinski definition) is 2. The molecule has 1 fully saturated rings. The fourth-order valence-electron chi connectivity index (χ4n) is 3.52. The molecule has 1 aliphatic rings. The monoisotopic (exact) mass is 526 g/mol. The first-order valence-corrected chi connectivity index (χ1v) is 9.74. The lowest BCUT2D eigenvalue weighted by atomic mass is 10.1. The van der Waals surface area contributed by atoms with Crippen molar-refractivity contribution < 1.29 is 14.2 Å². The molecule has 1 unspecified atom stereocenters. The molecule has 0 radical (unpaired) electrons. The lowest BCUT2D eigenvalue weighted by molar-refractivity contribution is 0.185. The molecule has 1 heterocycles. The normalized spacial score (nSPS) is 16.2. The van der Waals surface area contributed by atoms with Crippen molar-refractivity contribution in [1.29, 1.82) is 0 Å². The first-order chi connectivity index (χ1) is 14.1. The molecule has 1 aliphatic heterocycles. The van der Waals surface area contributed by atoms with Gasteiger partial charge in [0.25, 0.3) is 0 Å². The summed E-state index contributed by atoms with van der Waals surface area (Å²) in [5, 5.41) is 3.19. The summed E-state index contributed by atoms with van der Waals surface area (Å²) in [5.41, 5.74) is 9.20. The second kappa shape index (κ2) is 11.8. The zero-order chi connectivity index (χ0) is 20.6. The van der Waals surface area contributed by atoms with Gasteiger partial charge in [0.1, 0.15) is 11.5 Å². The van der Waals surface area contributed by atoms with Gasteiger partial charge in [0, 0.05) is 61.9 Å². The third-order valence-electron chi connectivity index (χ3n) is 5.09. The van der Waals surface area contributed by atoms with E-state index in [1.165, 1.54) is 0 Å². The Kier molecular flexibility index (Phi) is 9.51. The van der Waals surface area contributed by atoms with Crippen molar-refractivity contribution in [2.24, 2.45) is 16.6 Å². The minimum atomic E-state index is 0. The topological polar surface area (TPSA) is 81.3 Å². The number of benzene rings is 2. The van der Waals surface area contributed by atoms with E-state index in [0.717, 1.165) is 47.9 Å². The molecule has 30 heavy (non-hydrogen) atoms. The molecule has 2 aromatic rings. The van der Waals surface area contributed by atoms with Crippen molar-refractivity contribution in [1.82, 2.24) is 0 Å². The maximum Gasteiger partial charge on any atom is 0.193 e. The Balaban J connectivity index is 0.00000320. The van der Waals surface area contributed by atoms with Crippen molar-refractivity contribution in [3.63, 3.8) is 0 Å². The number of anilines is 2. The summed E-state index contributed by atoms with van der Waals surface area (Å²) in [6, 6.07) is 13.9. The summed E-state index contributed by atoms with van der Waals surface area (Å²) in [4.78, 5) is 6.90. The number of nitrogens with two attached hydrogens (primary N) is 1. The van der Waals surface area contributed by atoms with Crippen molar-refractivity contribution in [2.45, 2.75) is 13.0 Å². The summed E-state index contributed by atoms with van der Waals surface area (Å²) < 4.78 is 16.0. The van der Waals surface area contributed by atoms with E-state index in [4.69, 9.17) is 19.9 Å². The fraction of sp³-hybridized carbons (Fsp3) is 0.409. The molecule has 0 aliphatic carbocycles. The molecular formula is C22H31IN4O3. The van der Waals surface area contributed by atoms with E-state index in [1.54, 1.807) is 21.3 Å². The number of hydrogen-bond acceptors (Lipinski definition) is 5. The van der Waals surface area contributed by atoms with Gasteiger partial charge >= 0.3 is 0 Å². The SMILES string of the molecule is COCc1ccccc1NC(N)=NCC1CCN(c2cc(OC)cc(OC)c2)C1.I. The third kappa shape index (κ3) is 6.40. The number of guanidine groups is 1. The van der Waals surface area contributed by atoms with Gasteiger partial charge in [0.15, 0.2) is 5.96 Å². The van der Waals surface area contributed by atoms with Crippen LogP contribution in [0.25, 0.3) is 0 Å². The van der Waals surface area contributed by atoms with E-state index in [9.17, 15) is 0 Å². The largest absolute Gasteiger partial charge is 0.497 e. The first kappa shape index (κ1) is 24.1. The zero-order valence-electron chi connectivity index (χ0n) is 17.8. The minimum absolute atomic E-state index is 0. The first-order valence-electron chi connectivity index (χ1n) is 9.74. The quantitative estimate of drug-likeness (QED) is 0.310. The Hall–Kier alpha value is -2.20. The Bertz CT molecular complexity index is 825.